The molecule has 16 heavy (non-hydrogen) atoms. The van der Waals surface area contributed by atoms with E-state index in [1.54, 1.807) is 13.2 Å². The minimum absolute atomic E-state index is 0.320. The Morgan fingerprint density at radius 3 is 2.62 bits per heavy atom. The number of hydrogen-bond donors (Lipinski definition) is 1. The van der Waals surface area contributed by atoms with Crippen molar-refractivity contribution in [2.45, 2.75) is 31.9 Å². The largest absolute Gasteiger partial charge is 0.493 e. The minimum Gasteiger partial charge on any atom is -0.493 e. The normalized spacial score (nSPS) is 15.7. The van der Waals surface area contributed by atoms with Crippen LogP contribution in [-0.2, 0) is 6.54 Å². The first-order valence-electron chi connectivity index (χ1n) is 5.47. The molecule has 0 aliphatic heterocycles. The standard InChI is InChI=1S/C12H16ClNO2/c1-15-11-6-10(13)8(7-14)5-12(11)16-9-3-2-4-9/h5-6,9H,2-4,7,14H2,1H3. The molecule has 1 aromatic rings. The Bertz CT molecular complexity index is 378. The molecule has 1 aromatic carbocycles. The zero-order valence-corrected chi connectivity index (χ0v) is 10.1. The number of ether oxygens (including phenoxy) is 2. The van der Waals surface area contributed by atoms with Crippen molar-refractivity contribution in [3.8, 4) is 11.5 Å². The Balaban J connectivity index is 2.25. The molecular weight excluding hydrogens is 226 g/mol. The van der Waals surface area contributed by atoms with Gasteiger partial charge >= 0.3 is 0 Å². The topological polar surface area (TPSA) is 44.5 Å². The third-order valence-electron chi connectivity index (χ3n) is 2.90. The van der Waals surface area contributed by atoms with Crippen molar-refractivity contribution in [2.24, 2.45) is 5.73 Å². The first kappa shape index (κ1) is 11.6. The number of nitrogens with two attached hydrogens (primary N) is 1. The smallest absolute Gasteiger partial charge is 0.162 e. The Labute approximate surface area is 100 Å². The minimum atomic E-state index is 0.320. The molecule has 1 aliphatic rings. The molecule has 0 unspecified atom stereocenters. The maximum absolute atomic E-state index is 6.05. The van der Waals surface area contributed by atoms with Crippen molar-refractivity contribution in [3.05, 3.63) is 22.7 Å². The van der Waals surface area contributed by atoms with Gasteiger partial charge in [0.2, 0.25) is 0 Å². The van der Waals surface area contributed by atoms with E-state index in [-0.39, 0.29) is 0 Å². The van der Waals surface area contributed by atoms with E-state index < -0.39 is 0 Å². The summed E-state index contributed by atoms with van der Waals surface area (Å²) in [5.74, 6) is 1.42. The summed E-state index contributed by atoms with van der Waals surface area (Å²) in [5, 5.41) is 0.625. The van der Waals surface area contributed by atoms with Crippen LogP contribution in [0.2, 0.25) is 5.02 Å². The van der Waals surface area contributed by atoms with Crippen LogP contribution in [0.5, 0.6) is 11.5 Å². The molecule has 0 saturated heterocycles. The highest BCUT2D eigenvalue weighted by Crippen LogP contribution is 2.36. The van der Waals surface area contributed by atoms with Crippen molar-refractivity contribution in [3.63, 3.8) is 0 Å². The molecule has 0 atom stereocenters. The number of benzene rings is 1. The summed E-state index contributed by atoms with van der Waals surface area (Å²) in [6.07, 6.45) is 3.79. The highest BCUT2D eigenvalue weighted by Gasteiger charge is 2.21. The van der Waals surface area contributed by atoms with Gasteiger partial charge in [0, 0.05) is 17.6 Å². The lowest BCUT2D eigenvalue weighted by Crippen LogP contribution is -2.24. The van der Waals surface area contributed by atoms with Gasteiger partial charge in [-0.3, -0.25) is 0 Å². The Hall–Kier alpha value is -0.930. The number of rotatable bonds is 4. The molecule has 2 rings (SSSR count). The Kier molecular flexibility index (Phi) is 3.56. The second-order valence-corrected chi connectivity index (χ2v) is 4.38. The molecule has 88 valence electrons. The fourth-order valence-electron chi connectivity index (χ4n) is 1.65. The second kappa shape index (κ2) is 4.93. The van der Waals surface area contributed by atoms with Crippen molar-refractivity contribution in [1.82, 2.24) is 0 Å². The molecule has 0 spiro atoms. The lowest BCUT2D eigenvalue weighted by molar-refractivity contribution is 0.116. The molecule has 0 bridgehead atoms. The van der Waals surface area contributed by atoms with Gasteiger partial charge in [0.05, 0.1) is 13.2 Å². The van der Waals surface area contributed by atoms with E-state index in [9.17, 15) is 0 Å². The van der Waals surface area contributed by atoms with E-state index in [1.165, 1.54) is 6.42 Å². The van der Waals surface area contributed by atoms with E-state index in [0.717, 1.165) is 24.2 Å². The zero-order valence-electron chi connectivity index (χ0n) is 9.33. The SMILES string of the molecule is COc1cc(Cl)c(CN)cc1OC1CCC1. The molecule has 0 heterocycles. The molecule has 0 aromatic heterocycles. The van der Waals surface area contributed by atoms with Crippen LogP contribution in [0.4, 0.5) is 0 Å². The fourth-order valence-corrected chi connectivity index (χ4v) is 1.88. The van der Waals surface area contributed by atoms with E-state index in [4.69, 9.17) is 26.8 Å². The molecule has 1 aliphatic carbocycles. The van der Waals surface area contributed by atoms with Gasteiger partial charge in [-0.1, -0.05) is 11.6 Å². The summed E-state index contributed by atoms with van der Waals surface area (Å²) in [7, 11) is 1.61. The van der Waals surface area contributed by atoms with Crippen LogP contribution in [0, 0.1) is 0 Å². The summed E-state index contributed by atoms with van der Waals surface area (Å²) >= 11 is 6.05. The van der Waals surface area contributed by atoms with Crippen molar-refractivity contribution in [2.75, 3.05) is 7.11 Å². The lowest BCUT2D eigenvalue weighted by Gasteiger charge is -2.27. The zero-order chi connectivity index (χ0) is 11.5. The third kappa shape index (κ3) is 2.25. The Morgan fingerprint density at radius 1 is 1.38 bits per heavy atom. The Morgan fingerprint density at radius 2 is 2.12 bits per heavy atom. The molecule has 1 fully saturated rings. The maximum atomic E-state index is 6.05. The average Bonchev–Trinajstić information content (AvgIpc) is 2.24. The van der Waals surface area contributed by atoms with E-state index in [0.29, 0.717) is 23.4 Å². The van der Waals surface area contributed by atoms with Crippen LogP contribution < -0.4 is 15.2 Å². The van der Waals surface area contributed by atoms with Gasteiger partial charge in [-0.15, -0.1) is 0 Å². The summed E-state index contributed by atoms with van der Waals surface area (Å²) in [4.78, 5) is 0. The fraction of sp³-hybridized carbons (Fsp3) is 0.500. The average molecular weight is 242 g/mol. The van der Waals surface area contributed by atoms with Gasteiger partial charge in [0.15, 0.2) is 11.5 Å². The molecule has 1 saturated carbocycles. The van der Waals surface area contributed by atoms with Crippen LogP contribution in [0.15, 0.2) is 12.1 Å². The van der Waals surface area contributed by atoms with Gasteiger partial charge < -0.3 is 15.2 Å². The van der Waals surface area contributed by atoms with E-state index in [1.807, 2.05) is 6.07 Å². The van der Waals surface area contributed by atoms with Gasteiger partial charge in [-0.25, -0.2) is 0 Å². The van der Waals surface area contributed by atoms with Crippen molar-refractivity contribution < 1.29 is 9.47 Å². The van der Waals surface area contributed by atoms with E-state index in [2.05, 4.69) is 0 Å². The molecule has 0 radical (unpaired) electrons. The predicted molar refractivity (Wildman–Crippen MR) is 64.2 cm³/mol. The van der Waals surface area contributed by atoms with Crippen LogP contribution in [0.3, 0.4) is 0 Å². The molecular formula is C12H16ClNO2. The second-order valence-electron chi connectivity index (χ2n) is 3.97. The van der Waals surface area contributed by atoms with Crippen molar-refractivity contribution in [1.29, 1.82) is 0 Å². The van der Waals surface area contributed by atoms with Crippen LogP contribution in [-0.4, -0.2) is 13.2 Å². The summed E-state index contributed by atoms with van der Waals surface area (Å²) in [5.41, 5.74) is 6.49. The number of hydrogen-bond acceptors (Lipinski definition) is 3. The van der Waals surface area contributed by atoms with Gasteiger partial charge in [0.1, 0.15) is 0 Å². The summed E-state index contributed by atoms with van der Waals surface area (Å²) < 4.78 is 11.1. The summed E-state index contributed by atoms with van der Waals surface area (Å²) in [6.45, 7) is 0.407. The first-order chi connectivity index (χ1) is 7.74. The van der Waals surface area contributed by atoms with Gasteiger partial charge in [-0.05, 0) is 30.9 Å². The van der Waals surface area contributed by atoms with E-state index >= 15 is 0 Å². The lowest BCUT2D eigenvalue weighted by atomic mass is 9.96. The third-order valence-corrected chi connectivity index (χ3v) is 3.25. The summed E-state index contributed by atoms with van der Waals surface area (Å²) in [6, 6.07) is 3.64. The highest BCUT2D eigenvalue weighted by atomic mass is 35.5. The number of halogens is 1. The molecule has 2 N–H and O–H groups in total. The number of methoxy groups -OCH3 is 1. The maximum Gasteiger partial charge on any atom is 0.162 e. The first-order valence-corrected chi connectivity index (χ1v) is 5.85. The van der Waals surface area contributed by atoms with Crippen LogP contribution >= 0.6 is 11.6 Å². The molecule has 0 amide bonds. The molecule has 4 heteroatoms. The monoisotopic (exact) mass is 241 g/mol. The van der Waals surface area contributed by atoms with Gasteiger partial charge in [0.25, 0.3) is 0 Å². The highest BCUT2D eigenvalue weighted by molar-refractivity contribution is 6.31. The van der Waals surface area contributed by atoms with Gasteiger partial charge in [-0.2, -0.15) is 0 Å². The predicted octanol–water partition coefficient (Wildman–Crippen LogP) is 2.74. The van der Waals surface area contributed by atoms with Crippen molar-refractivity contribution >= 4 is 11.6 Å². The molecule has 3 nitrogen and oxygen atoms in total. The van der Waals surface area contributed by atoms with Crippen LogP contribution in [0.1, 0.15) is 24.8 Å². The van der Waals surface area contributed by atoms with Crippen LogP contribution in [0.25, 0.3) is 0 Å². The quantitative estimate of drug-likeness (QED) is 0.882.